The van der Waals surface area contributed by atoms with Gasteiger partial charge in [-0.05, 0) is 56.8 Å². The molecule has 0 atom stereocenters. The maximum atomic E-state index is 9.94. The van der Waals surface area contributed by atoms with Crippen molar-refractivity contribution in [2.24, 2.45) is 11.3 Å². The van der Waals surface area contributed by atoms with Crippen LogP contribution < -0.4 is 15.4 Å². The SMILES string of the molecule is C1COCCN1.C=O.CC(C)C(C)(C)N(C)C.CCCC(C)(C)CNC=O.COc1c(Cc2ccccc2)nc2c(Cc3ccccc3)nc(-c3ccccc3)cn12. The Bertz CT molecular complexity index is 1820. The summed E-state index contributed by atoms with van der Waals surface area (Å²) in [5, 5.41) is 5.85. The Labute approximate surface area is 348 Å². The van der Waals surface area contributed by atoms with E-state index in [1.54, 1.807) is 7.11 Å². The summed E-state index contributed by atoms with van der Waals surface area (Å²) in [5.74, 6) is 1.47. The van der Waals surface area contributed by atoms with Gasteiger partial charge < -0.3 is 29.8 Å². The minimum atomic E-state index is 0.260. The summed E-state index contributed by atoms with van der Waals surface area (Å²) in [6.45, 7) is 22.1. The summed E-state index contributed by atoms with van der Waals surface area (Å²) in [5.41, 5.74) is 7.65. The molecule has 3 heterocycles. The number of benzene rings is 3. The average Bonchev–Trinajstić information content (AvgIpc) is 3.60. The van der Waals surface area contributed by atoms with Crippen molar-refractivity contribution >= 4 is 18.8 Å². The first-order chi connectivity index (χ1) is 27.8. The van der Waals surface area contributed by atoms with Crippen LogP contribution in [0.1, 0.15) is 83.8 Å². The number of rotatable bonds is 13. The molecule has 1 amide bonds. The normalized spacial score (nSPS) is 12.4. The maximum Gasteiger partial charge on any atom is 0.221 e. The molecule has 0 spiro atoms. The van der Waals surface area contributed by atoms with Crippen molar-refractivity contribution in [1.29, 1.82) is 0 Å². The predicted octanol–water partition coefficient (Wildman–Crippen LogP) is 8.55. The van der Waals surface area contributed by atoms with Gasteiger partial charge in [-0.2, -0.15) is 0 Å². The minimum absolute atomic E-state index is 0.260. The summed E-state index contributed by atoms with van der Waals surface area (Å²) in [6.07, 6.45) is 6.53. The van der Waals surface area contributed by atoms with Crippen LogP contribution in [0, 0.1) is 11.3 Å². The van der Waals surface area contributed by atoms with E-state index in [1.165, 1.54) is 17.5 Å². The third kappa shape index (κ3) is 16.5. The van der Waals surface area contributed by atoms with Crippen LogP contribution in [0.15, 0.2) is 97.2 Å². The van der Waals surface area contributed by atoms with Gasteiger partial charge in [-0.15, -0.1) is 0 Å². The van der Waals surface area contributed by atoms with Crippen molar-refractivity contribution in [3.63, 3.8) is 0 Å². The molecule has 3 aromatic carbocycles. The number of carbonyl (C=O) groups excluding carboxylic acids is 2. The monoisotopic (exact) mass is 795 g/mol. The molecule has 0 saturated carbocycles. The van der Waals surface area contributed by atoms with Gasteiger partial charge in [0, 0.05) is 49.8 Å². The molecule has 10 nitrogen and oxygen atoms in total. The van der Waals surface area contributed by atoms with Crippen molar-refractivity contribution < 1.29 is 19.1 Å². The van der Waals surface area contributed by atoms with Crippen molar-refractivity contribution in [3.8, 4) is 17.1 Å². The molecule has 2 aromatic heterocycles. The third-order valence-electron chi connectivity index (χ3n) is 10.4. The highest BCUT2D eigenvalue weighted by Crippen LogP contribution is 2.29. The van der Waals surface area contributed by atoms with Crippen LogP contribution in [0.25, 0.3) is 16.9 Å². The first-order valence-electron chi connectivity index (χ1n) is 20.3. The Hall–Kier alpha value is -4.90. The lowest BCUT2D eigenvalue weighted by Gasteiger charge is -2.36. The van der Waals surface area contributed by atoms with Gasteiger partial charge in [-0.25, -0.2) is 9.97 Å². The van der Waals surface area contributed by atoms with Crippen molar-refractivity contribution in [2.75, 3.05) is 54.1 Å². The second-order valence-corrected chi connectivity index (χ2v) is 16.0. The highest BCUT2D eigenvalue weighted by atomic mass is 16.5. The molecule has 0 unspecified atom stereocenters. The minimum Gasteiger partial charge on any atom is -0.481 e. The Morgan fingerprint density at radius 1 is 0.862 bits per heavy atom. The van der Waals surface area contributed by atoms with Crippen LogP contribution in [0.5, 0.6) is 5.88 Å². The Kier molecular flexibility index (Phi) is 22.2. The lowest BCUT2D eigenvalue weighted by molar-refractivity contribution is -0.110. The maximum absolute atomic E-state index is 9.94. The van der Waals surface area contributed by atoms with E-state index in [1.807, 2.05) is 59.9 Å². The zero-order valence-electron chi connectivity index (χ0n) is 36.9. The van der Waals surface area contributed by atoms with Crippen LogP contribution in [-0.4, -0.2) is 92.1 Å². The van der Waals surface area contributed by atoms with E-state index in [0.717, 1.165) is 79.9 Å². The molecule has 5 aromatic rings. The Morgan fingerprint density at radius 2 is 1.38 bits per heavy atom. The number of aromatic nitrogens is 3. The van der Waals surface area contributed by atoms with Gasteiger partial charge in [0.15, 0.2) is 5.65 Å². The van der Waals surface area contributed by atoms with Crippen LogP contribution in [0.4, 0.5) is 0 Å². The molecule has 1 saturated heterocycles. The lowest BCUT2D eigenvalue weighted by Crippen LogP contribution is -2.42. The van der Waals surface area contributed by atoms with Crippen LogP contribution in [-0.2, 0) is 27.2 Å². The topological polar surface area (TPSA) is 110 Å². The molecule has 1 aliphatic heterocycles. The smallest absolute Gasteiger partial charge is 0.221 e. The molecule has 6 rings (SSSR count). The third-order valence-corrected chi connectivity index (χ3v) is 10.4. The van der Waals surface area contributed by atoms with E-state index in [4.69, 9.17) is 24.2 Å². The molecule has 2 N–H and O–H groups in total. The Morgan fingerprint density at radius 3 is 1.78 bits per heavy atom. The van der Waals surface area contributed by atoms with E-state index >= 15 is 0 Å². The van der Waals surface area contributed by atoms with E-state index < -0.39 is 0 Å². The fourth-order valence-corrected chi connectivity index (χ4v) is 6.03. The van der Waals surface area contributed by atoms with Crippen LogP contribution in [0.3, 0.4) is 0 Å². The molecule has 1 aliphatic rings. The number of carbonyl (C=O) groups is 2. The molecule has 10 heteroatoms. The largest absolute Gasteiger partial charge is 0.481 e. The Balaban J connectivity index is 0.000000350. The van der Waals surface area contributed by atoms with Crippen molar-refractivity contribution in [2.45, 2.75) is 79.7 Å². The molecule has 0 aliphatic carbocycles. The zero-order chi connectivity index (χ0) is 43.0. The number of morpholine rings is 1. The molecule has 1 fully saturated rings. The number of imidazole rings is 1. The van der Waals surface area contributed by atoms with Crippen LogP contribution in [0.2, 0.25) is 0 Å². The predicted molar refractivity (Wildman–Crippen MR) is 240 cm³/mol. The standard InChI is InChI=1S/C27H23N3O.C8H17NO.C8H19N.C4H9NO.CH2O/c1-31-27-24(18-21-13-7-3-8-14-21)29-26-23(17-20-11-5-2-6-12-20)28-25(19-30(26)27)22-15-9-4-10-16-22;1-4-5-8(2,3)6-9-7-10;1-7(2)8(3,4)9(5)6;1-3-6-4-2-5-1;1-2/h2-16,19H,17-18H2,1H3;7H,4-6H2,1-3H3,(H,9,10);7H,1-6H3;5H,1-4H2;1H2. The molecule has 58 heavy (non-hydrogen) atoms. The zero-order valence-corrected chi connectivity index (χ0v) is 36.9. The van der Waals surface area contributed by atoms with E-state index in [0.29, 0.717) is 24.3 Å². The number of nitrogens with zero attached hydrogens (tertiary/aromatic N) is 4. The van der Waals surface area contributed by atoms with Gasteiger partial charge in [0.25, 0.3) is 0 Å². The number of amides is 1. The number of hydrogen-bond acceptors (Lipinski definition) is 8. The fraction of sp³-hybridized carbons (Fsp3) is 0.458. The van der Waals surface area contributed by atoms with Gasteiger partial charge in [0.2, 0.25) is 12.3 Å². The number of nitrogens with one attached hydrogen (secondary N) is 2. The van der Waals surface area contributed by atoms with Crippen LogP contribution >= 0.6 is 0 Å². The molecule has 0 bridgehead atoms. The first-order valence-corrected chi connectivity index (χ1v) is 20.3. The summed E-state index contributed by atoms with van der Waals surface area (Å²) >= 11 is 0. The fourth-order valence-electron chi connectivity index (χ4n) is 6.03. The number of fused-ring (bicyclic) bond motifs is 1. The quantitative estimate of drug-likeness (QED) is 0.114. The average molecular weight is 795 g/mol. The molecule has 0 radical (unpaired) electrons. The van der Waals surface area contributed by atoms with Gasteiger partial charge in [-0.3, -0.25) is 9.20 Å². The van der Waals surface area contributed by atoms with Crippen molar-refractivity contribution in [1.82, 2.24) is 29.9 Å². The second-order valence-electron chi connectivity index (χ2n) is 16.0. The first kappa shape index (κ1) is 49.2. The highest BCUT2D eigenvalue weighted by Gasteiger charge is 2.24. The number of methoxy groups -OCH3 is 1. The summed E-state index contributed by atoms with van der Waals surface area (Å²) < 4.78 is 12.9. The second kappa shape index (κ2) is 26.2. The summed E-state index contributed by atoms with van der Waals surface area (Å²) in [7, 11) is 5.96. The number of ether oxygens (including phenoxy) is 2. The summed E-state index contributed by atoms with van der Waals surface area (Å²) in [4.78, 5) is 30.2. The van der Waals surface area contributed by atoms with E-state index in [9.17, 15) is 4.79 Å². The molecular weight excluding hydrogens is 725 g/mol. The number of hydrogen-bond donors (Lipinski definition) is 2. The molecule has 316 valence electrons. The lowest BCUT2D eigenvalue weighted by atomic mass is 9.88. The van der Waals surface area contributed by atoms with Crippen molar-refractivity contribution in [3.05, 3.63) is 120 Å². The molecular formula is C48H70N6O4. The highest BCUT2D eigenvalue weighted by molar-refractivity contribution is 5.63. The van der Waals surface area contributed by atoms with Gasteiger partial charge in [-0.1, -0.05) is 132 Å². The summed E-state index contributed by atoms with van der Waals surface area (Å²) in [6, 6.07) is 31.0. The van der Waals surface area contributed by atoms with E-state index in [2.05, 4.69) is 127 Å². The van der Waals surface area contributed by atoms with E-state index in [-0.39, 0.29) is 5.41 Å². The van der Waals surface area contributed by atoms with Gasteiger partial charge in [0.1, 0.15) is 12.5 Å². The van der Waals surface area contributed by atoms with Gasteiger partial charge >= 0.3 is 0 Å². The van der Waals surface area contributed by atoms with Gasteiger partial charge in [0.05, 0.1) is 31.7 Å².